The largest absolute Gasteiger partial charge is 0.464 e. The molecule has 1 aromatic heterocycles. The summed E-state index contributed by atoms with van der Waals surface area (Å²) in [6, 6.07) is 5.13. The zero-order valence-electron chi connectivity index (χ0n) is 27.0. The number of pyridine rings is 1. The number of ether oxygens (including phenoxy) is 1. The van der Waals surface area contributed by atoms with Crippen LogP contribution >= 0.6 is 0 Å². The van der Waals surface area contributed by atoms with E-state index in [1.54, 1.807) is 6.92 Å². The van der Waals surface area contributed by atoms with Crippen molar-refractivity contribution in [3.63, 3.8) is 0 Å². The molecule has 0 saturated heterocycles. The molecule has 1 atom stereocenters. The van der Waals surface area contributed by atoms with Crippen molar-refractivity contribution in [1.29, 1.82) is 0 Å². The molecule has 0 fully saturated rings. The zero-order chi connectivity index (χ0) is 30.5. The molecule has 0 bridgehead atoms. The van der Waals surface area contributed by atoms with Gasteiger partial charge in [-0.2, -0.15) is 0 Å². The lowest BCUT2D eigenvalue weighted by Gasteiger charge is -2.17. The summed E-state index contributed by atoms with van der Waals surface area (Å²) in [7, 11) is 0. The van der Waals surface area contributed by atoms with Crippen LogP contribution in [0.3, 0.4) is 0 Å². The van der Waals surface area contributed by atoms with Gasteiger partial charge in [-0.25, -0.2) is 14.2 Å². The number of ketones is 1. The van der Waals surface area contributed by atoms with Crippen LogP contribution in [0.15, 0.2) is 30.6 Å². The number of rotatable bonds is 28. The van der Waals surface area contributed by atoms with E-state index in [1.807, 2.05) is 6.07 Å². The van der Waals surface area contributed by atoms with Crippen LogP contribution in [0.1, 0.15) is 149 Å². The summed E-state index contributed by atoms with van der Waals surface area (Å²) in [5, 5.41) is 5.64. The molecule has 0 aromatic carbocycles. The predicted octanol–water partition coefficient (Wildman–Crippen LogP) is 7.99. The van der Waals surface area contributed by atoms with E-state index in [0.29, 0.717) is 32.2 Å². The first kappa shape index (κ1) is 37.6. The van der Waals surface area contributed by atoms with Gasteiger partial charge in [0.25, 0.3) is 0 Å². The van der Waals surface area contributed by atoms with Gasteiger partial charge < -0.3 is 15.4 Å². The molecule has 2 N–H and O–H groups in total. The fourth-order valence-electron chi connectivity index (χ4n) is 5.23. The second kappa shape index (κ2) is 27.4. The lowest BCUT2D eigenvalue weighted by Crippen LogP contribution is -2.46. The van der Waals surface area contributed by atoms with E-state index in [1.165, 1.54) is 83.5 Å². The number of carbonyl (C=O) groups is 3. The van der Waals surface area contributed by atoms with Crippen molar-refractivity contribution >= 4 is 17.8 Å². The van der Waals surface area contributed by atoms with Crippen LogP contribution in [0.25, 0.3) is 0 Å². The maximum absolute atomic E-state index is 12.4. The molecule has 0 saturated carbocycles. The first-order valence-corrected chi connectivity index (χ1v) is 17.2. The van der Waals surface area contributed by atoms with Crippen molar-refractivity contribution < 1.29 is 23.7 Å². The number of urea groups is 1. The summed E-state index contributed by atoms with van der Waals surface area (Å²) < 4.78 is 7.39. The number of unbranched alkanes of at least 4 members (excludes halogenated alkanes) is 15. The third-order valence-corrected chi connectivity index (χ3v) is 7.79. The molecule has 0 radical (unpaired) electrons. The predicted molar refractivity (Wildman–Crippen MR) is 171 cm³/mol. The molecular formula is C35H62N3O4+. The molecule has 2 amide bonds. The number of aryl methyl sites for hydroxylation is 1. The Morgan fingerprint density at radius 2 is 1.21 bits per heavy atom. The zero-order valence-corrected chi connectivity index (χ0v) is 27.0. The SMILES string of the molecule is CCCCCCCCCCCC(=O)CCCC(NC(=O)NCCCCCCCCCC[n+]1ccccc1)C(=O)OCC. The van der Waals surface area contributed by atoms with E-state index in [4.69, 9.17) is 4.74 Å². The highest BCUT2D eigenvalue weighted by molar-refractivity contribution is 5.83. The second-order valence-corrected chi connectivity index (χ2v) is 11.7. The van der Waals surface area contributed by atoms with E-state index >= 15 is 0 Å². The third kappa shape index (κ3) is 22.2. The molecule has 1 heterocycles. The van der Waals surface area contributed by atoms with Gasteiger partial charge in [-0.05, 0) is 39.0 Å². The van der Waals surface area contributed by atoms with Gasteiger partial charge in [0, 0.05) is 37.9 Å². The first-order valence-electron chi connectivity index (χ1n) is 17.2. The average Bonchev–Trinajstić information content (AvgIpc) is 2.99. The molecule has 0 spiro atoms. The molecule has 42 heavy (non-hydrogen) atoms. The summed E-state index contributed by atoms with van der Waals surface area (Å²) in [4.78, 5) is 37.1. The minimum Gasteiger partial charge on any atom is -0.464 e. The fraction of sp³-hybridized carbons (Fsp3) is 0.771. The lowest BCUT2D eigenvalue weighted by molar-refractivity contribution is -0.697. The molecule has 0 aliphatic rings. The number of nitrogens with zero attached hydrogens (tertiary/aromatic N) is 1. The van der Waals surface area contributed by atoms with Gasteiger partial charge in [0.1, 0.15) is 18.4 Å². The maximum atomic E-state index is 12.4. The molecule has 7 heteroatoms. The number of esters is 1. The van der Waals surface area contributed by atoms with E-state index in [-0.39, 0.29) is 18.4 Å². The number of amides is 2. The number of carbonyl (C=O) groups excluding carboxylic acids is 3. The van der Waals surface area contributed by atoms with Crippen LogP contribution in [0, 0.1) is 0 Å². The second-order valence-electron chi connectivity index (χ2n) is 11.7. The van der Waals surface area contributed by atoms with Gasteiger partial charge >= 0.3 is 12.0 Å². The molecule has 0 aliphatic carbocycles. The Morgan fingerprint density at radius 1 is 0.667 bits per heavy atom. The average molecular weight is 589 g/mol. The Labute approximate surface area is 257 Å². The molecular weight excluding hydrogens is 526 g/mol. The Balaban J connectivity index is 2.07. The third-order valence-electron chi connectivity index (χ3n) is 7.79. The number of nitrogens with one attached hydrogen (secondary N) is 2. The van der Waals surface area contributed by atoms with Gasteiger partial charge in [0.05, 0.1) is 6.61 Å². The minimum absolute atomic E-state index is 0.246. The van der Waals surface area contributed by atoms with Crippen LogP contribution < -0.4 is 15.2 Å². The highest BCUT2D eigenvalue weighted by atomic mass is 16.5. The highest BCUT2D eigenvalue weighted by Gasteiger charge is 2.22. The Kier molecular flexibility index (Phi) is 24.5. The van der Waals surface area contributed by atoms with Gasteiger partial charge in [-0.15, -0.1) is 0 Å². The molecule has 1 aromatic rings. The van der Waals surface area contributed by atoms with Crippen molar-refractivity contribution in [2.75, 3.05) is 13.2 Å². The van der Waals surface area contributed by atoms with E-state index in [9.17, 15) is 14.4 Å². The number of Topliss-reactive ketones (excluding diaryl/α,β-unsaturated/α-hetero) is 1. The quantitative estimate of drug-likeness (QED) is 0.0590. The Morgan fingerprint density at radius 3 is 1.83 bits per heavy atom. The summed E-state index contributed by atoms with van der Waals surface area (Å²) in [6.07, 6.45) is 26.8. The van der Waals surface area contributed by atoms with Gasteiger partial charge in [-0.3, -0.25) is 4.79 Å². The van der Waals surface area contributed by atoms with Crippen molar-refractivity contribution in [2.24, 2.45) is 0 Å². The van der Waals surface area contributed by atoms with Crippen LogP contribution in [-0.2, 0) is 20.9 Å². The highest BCUT2D eigenvalue weighted by Crippen LogP contribution is 2.13. The first-order chi connectivity index (χ1) is 20.6. The van der Waals surface area contributed by atoms with E-state index in [0.717, 1.165) is 32.2 Å². The summed E-state index contributed by atoms with van der Waals surface area (Å²) >= 11 is 0. The molecule has 240 valence electrons. The van der Waals surface area contributed by atoms with Crippen LogP contribution in [0.5, 0.6) is 0 Å². The molecule has 1 rings (SSSR count). The van der Waals surface area contributed by atoms with Crippen LogP contribution in [0.2, 0.25) is 0 Å². The lowest BCUT2D eigenvalue weighted by atomic mass is 10.0. The number of aromatic nitrogens is 1. The normalized spacial score (nSPS) is 11.7. The smallest absolute Gasteiger partial charge is 0.328 e. The van der Waals surface area contributed by atoms with Gasteiger partial charge in [-0.1, -0.05) is 96.5 Å². The van der Waals surface area contributed by atoms with Gasteiger partial charge in [0.2, 0.25) is 0 Å². The standard InChI is InChI=1S/C35H61N3O4/c1-3-5-6-7-8-9-12-15-19-25-32(39)26-24-27-33(34(40)42-4-2)37-35(41)36-28-20-16-13-10-11-14-17-21-29-38-30-22-18-23-31-38/h18,22-23,30-31,33H,3-17,19-21,24-29H2,1-2H3,(H-,36,37,41)/p+1. The molecule has 0 aliphatic heterocycles. The van der Waals surface area contributed by atoms with Crippen molar-refractivity contribution in [3.05, 3.63) is 30.6 Å². The molecule has 7 nitrogen and oxygen atoms in total. The number of hydrogen-bond acceptors (Lipinski definition) is 4. The van der Waals surface area contributed by atoms with E-state index < -0.39 is 12.0 Å². The fourth-order valence-corrected chi connectivity index (χ4v) is 5.23. The topological polar surface area (TPSA) is 88.4 Å². The monoisotopic (exact) mass is 588 g/mol. The Bertz CT molecular complexity index is 803. The number of hydrogen-bond donors (Lipinski definition) is 2. The Hall–Kier alpha value is -2.44. The minimum atomic E-state index is -0.717. The van der Waals surface area contributed by atoms with Crippen molar-refractivity contribution in [1.82, 2.24) is 10.6 Å². The summed E-state index contributed by atoms with van der Waals surface area (Å²) in [6.45, 7) is 5.94. The summed E-state index contributed by atoms with van der Waals surface area (Å²) in [5.74, 6) is -0.183. The van der Waals surface area contributed by atoms with Crippen LogP contribution in [-0.4, -0.2) is 37.0 Å². The van der Waals surface area contributed by atoms with Crippen molar-refractivity contribution in [2.45, 2.75) is 161 Å². The summed E-state index contributed by atoms with van der Waals surface area (Å²) in [5.41, 5.74) is 0. The van der Waals surface area contributed by atoms with E-state index in [2.05, 4.69) is 46.7 Å². The van der Waals surface area contributed by atoms with Gasteiger partial charge in [0.15, 0.2) is 12.4 Å². The maximum Gasteiger partial charge on any atom is 0.328 e. The molecule has 1 unspecified atom stereocenters. The van der Waals surface area contributed by atoms with Crippen molar-refractivity contribution in [3.8, 4) is 0 Å². The van der Waals surface area contributed by atoms with Crippen LogP contribution in [0.4, 0.5) is 4.79 Å².